The maximum Gasteiger partial charge on any atom is 0.287 e. The molecule has 0 aromatic carbocycles. The van der Waals surface area contributed by atoms with Gasteiger partial charge in [-0.2, -0.15) is 5.10 Å². The standard InChI is InChI=1S/C13H16BrN5O2/c1-19(2)9-7-12(18-17-8-9)15-5-6-16-13(20)10-3-4-11(14)21-10/h3-4,7-8H,5-6H2,1-2H3,(H,15,18)(H,16,20). The maximum atomic E-state index is 11.7. The monoisotopic (exact) mass is 353 g/mol. The van der Waals surface area contributed by atoms with Gasteiger partial charge in [0, 0.05) is 33.3 Å². The smallest absolute Gasteiger partial charge is 0.287 e. The molecule has 1 amide bonds. The minimum atomic E-state index is -0.254. The first-order chi connectivity index (χ1) is 10.1. The largest absolute Gasteiger partial charge is 0.444 e. The number of hydrogen-bond acceptors (Lipinski definition) is 6. The number of carbonyl (C=O) groups excluding carboxylic acids is 1. The van der Waals surface area contributed by atoms with Gasteiger partial charge in [0.2, 0.25) is 0 Å². The SMILES string of the molecule is CN(C)c1cnnc(NCCNC(=O)c2ccc(Br)o2)c1. The number of hydrogen-bond donors (Lipinski definition) is 2. The van der Waals surface area contributed by atoms with Gasteiger partial charge < -0.3 is 20.0 Å². The van der Waals surface area contributed by atoms with Gasteiger partial charge in [-0.25, -0.2) is 0 Å². The topological polar surface area (TPSA) is 83.3 Å². The third kappa shape index (κ3) is 4.45. The number of nitrogens with zero attached hydrogens (tertiary/aromatic N) is 3. The average molecular weight is 354 g/mol. The predicted octanol–water partition coefficient (Wildman–Crippen LogP) is 1.74. The number of carbonyl (C=O) groups is 1. The van der Waals surface area contributed by atoms with Crippen LogP contribution in [0, 0.1) is 0 Å². The van der Waals surface area contributed by atoms with Crippen LogP contribution in [-0.2, 0) is 0 Å². The van der Waals surface area contributed by atoms with Gasteiger partial charge in [0.05, 0.1) is 11.9 Å². The number of furan rings is 1. The lowest BCUT2D eigenvalue weighted by Gasteiger charge is -2.12. The van der Waals surface area contributed by atoms with Crippen molar-refractivity contribution < 1.29 is 9.21 Å². The Bertz CT molecular complexity index is 614. The predicted molar refractivity (Wildman–Crippen MR) is 83.6 cm³/mol. The van der Waals surface area contributed by atoms with Crippen molar-refractivity contribution in [3.8, 4) is 0 Å². The molecule has 112 valence electrons. The molecule has 21 heavy (non-hydrogen) atoms. The summed E-state index contributed by atoms with van der Waals surface area (Å²) in [5.74, 6) is 0.683. The van der Waals surface area contributed by atoms with Crippen molar-refractivity contribution in [3.05, 3.63) is 34.8 Å². The Balaban J connectivity index is 1.77. The molecule has 0 radical (unpaired) electrons. The molecule has 0 bridgehead atoms. The molecule has 2 aromatic heterocycles. The number of aromatic nitrogens is 2. The van der Waals surface area contributed by atoms with E-state index in [4.69, 9.17) is 4.42 Å². The van der Waals surface area contributed by atoms with Crippen molar-refractivity contribution in [2.75, 3.05) is 37.4 Å². The zero-order valence-electron chi connectivity index (χ0n) is 11.8. The molecule has 0 unspecified atom stereocenters. The molecule has 7 nitrogen and oxygen atoms in total. The molecule has 0 spiro atoms. The zero-order valence-corrected chi connectivity index (χ0v) is 13.3. The Labute approximate surface area is 130 Å². The molecule has 2 aromatic rings. The van der Waals surface area contributed by atoms with E-state index < -0.39 is 0 Å². The zero-order chi connectivity index (χ0) is 15.2. The maximum absolute atomic E-state index is 11.7. The summed E-state index contributed by atoms with van der Waals surface area (Å²) < 4.78 is 5.69. The summed E-state index contributed by atoms with van der Waals surface area (Å²) in [4.78, 5) is 13.7. The molecule has 2 N–H and O–H groups in total. The first-order valence-electron chi connectivity index (χ1n) is 6.34. The van der Waals surface area contributed by atoms with E-state index in [1.54, 1.807) is 18.3 Å². The van der Waals surface area contributed by atoms with E-state index in [9.17, 15) is 4.79 Å². The van der Waals surface area contributed by atoms with Crippen LogP contribution < -0.4 is 15.5 Å². The highest BCUT2D eigenvalue weighted by Gasteiger charge is 2.09. The normalized spacial score (nSPS) is 10.2. The van der Waals surface area contributed by atoms with E-state index in [2.05, 4.69) is 36.8 Å². The van der Waals surface area contributed by atoms with Gasteiger partial charge in [0.25, 0.3) is 5.91 Å². The van der Waals surface area contributed by atoms with Gasteiger partial charge in [0.1, 0.15) is 0 Å². The summed E-state index contributed by atoms with van der Waals surface area (Å²) in [6.45, 7) is 0.990. The molecular weight excluding hydrogens is 338 g/mol. The van der Waals surface area contributed by atoms with Crippen LogP contribution in [-0.4, -0.2) is 43.3 Å². The van der Waals surface area contributed by atoms with Crippen LogP contribution in [0.4, 0.5) is 11.5 Å². The van der Waals surface area contributed by atoms with Crippen molar-refractivity contribution in [1.29, 1.82) is 0 Å². The molecule has 0 aliphatic heterocycles. The van der Waals surface area contributed by atoms with Crippen LogP contribution in [0.25, 0.3) is 0 Å². The molecule has 0 saturated heterocycles. The van der Waals surface area contributed by atoms with E-state index in [0.717, 1.165) is 5.69 Å². The average Bonchev–Trinajstić information content (AvgIpc) is 2.90. The highest BCUT2D eigenvalue weighted by molar-refractivity contribution is 9.10. The Morgan fingerprint density at radius 3 is 2.86 bits per heavy atom. The van der Waals surface area contributed by atoms with Crippen LogP contribution in [0.15, 0.2) is 33.5 Å². The van der Waals surface area contributed by atoms with E-state index in [0.29, 0.717) is 23.6 Å². The number of rotatable bonds is 6. The summed E-state index contributed by atoms with van der Waals surface area (Å²) in [6, 6.07) is 5.17. The Hall–Kier alpha value is -2.09. The first-order valence-corrected chi connectivity index (χ1v) is 7.13. The fourth-order valence-electron chi connectivity index (χ4n) is 1.58. The second-order valence-electron chi connectivity index (χ2n) is 4.48. The van der Waals surface area contributed by atoms with Gasteiger partial charge in [-0.1, -0.05) is 0 Å². The van der Waals surface area contributed by atoms with E-state index in [1.165, 1.54) is 0 Å². The number of amides is 1. The summed E-state index contributed by atoms with van der Waals surface area (Å²) in [6.07, 6.45) is 1.68. The third-order valence-electron chi connectivity index (χ3n) is 2.67. The molecule has 0 atom stereocenters. The molecular formula is C13H16BrN5O2. The van der Waals surface area contributed by atoms with Crippen molar-refractivity contribution in [2.45, 2.75) is 0 Å². The second-order valence-corrected chi connectivity index (χ2v) is 5.26. The van der Waals surface area contributed by atoms with Gasteiger partial charge in [0.15, 0.2) is 16.2 Å². The second kappa shape index (κ2) is 7.07. The summed E-state index contributed by atoms with van der Waals surface area (Å²) in [5.41, 5.74) is 0.956. The number of nitrogens with one attached hydrogen (secondary N) is 2. The molecule has 0 aliphatic carbocycles. The van der Waals surface area contributed by atoms with Crippen LogP contribution in [0.1, 0.15) is 10.6 Å². The third-order valence-corrected chi connectivity index (χ3v) is 3.10. The van der Waals surface area contributed by atoms with E-state index in [1.807, 2.05) is 25.1 Å². The van der Waals surface area contributed by atoms with Crippen molar-refractivity contribution in [2.24, 2.45) is 0 Å². The highest BCUT2D eigenvalue weighted by Crippen LogP contribution is 2.14. The minimum Gasteiger partial charge on any atom is -0.444 e. The lowest BCUT2D eigenvalue weighted by Crippen LogP contribution is -2.28. The molecule has 0 fully saturated rings. The lowest BCUT2D eigenvalue weighted by atomic mass is 10.4. The highest BCUT2D eigenvalue weighted by atomic mass is 79.9. The van der Waals surface area contributed by atoms with Crippen LogP contribution in [0.2, 0.25) is 0 Å². The van der Waals surface area contributed by atoms with Crippen molar-refractivity contribution >= 4 is 33.3 Å². The molecule has 0 saturated carbocycles. The number of anilines is 2. The summed E-state index contributed by atoms with van der Waals surface area (Å²) >= 11 is 3.15. The quantitative estimate of drug-likeness (QED) is 0.769. The summed E-state index contributed by atoms with van der Waals surface area (Å²) in [7, 11) is 3.87. The van der Waals surface area contributed by atoms with Crippen LogP contribution >= 0.6 is 15.9 Å². The minimum absolute atomic E-state index is 0.254. The van der Waals surface area contributed by atoms with Crippen molar-refractivity contribution in [1.82, 2.24) is 15.5 Å². The Kier molecular flexibility index (Phi) is 5.15. The number of halogens is 1. The molecule has 2 heterocycles. The van der Waals surface area contributed by atoms with Gasteiger partial charge >= 0.3 is 0 Å². The van der Waals surface area contributed by atoms with Crippen molar-refractivity contribution in [3.63, 3.8) is 0 Å². The fraction of sp³-hybridized carbons (Fsp3) is 0.308. The fourth-order valence-corrected chi connectivity index (χ4v) is 1.88. The Morgan fingerprint density at radius 1 is 1.38 bits per heavy atom. The van der Waals surface area contributed by atoms with E-state index in [-0.39, 0.29) is 11.7 Å². The summed E-state index contributed by atoms with van der Waals surface area (Å²) in [5, 5.41) is 13.7. The molecule has 2 rings (SSSR count). The Morgan fingerprint density at radius 2 is 2.19 bits per heavy atom. The van der Waals surface area contributed by atoms with Gasteiger partial charge in [-0.15, -0.1) is 5.10 Å². The molecule has 8 heteroatoms. The van der Waals surface area contributed by atoms with Crippen LogP contribution in [0.3, 0.4) is 0 Å². The molecule has 0 aliphatic rings. The van der Waals surface area contributed by atoms with Gasteiger partial charge in [-0.3, -0.25) is 4.79 Å². The first kappa shape index (κ1) is 15.3. The van der Waals surface area contributed by atoms with Crippen LogP contribution in [0.5, 0.6) is 0 Å². The van der Waals surface area contributed by atoms with Gasteiger partial charge in [-0.05, 0) is 28.1 Å². The lowest BCUT2D eigenvalue weighted by molar-refractivity contribution is 0.0926. The van der Waals surface area contributed by atoms with E-state index >= 15 is 0 Å².